The van der Waals surface area contributed by atoms with Gasteiger partial charge in [0.2, 0.25) is 0 Å². The van der Waals surface area contributed by atoms with E-state index in [1.54, 1.807) is 18.3 Å². The molecule has 168 valence electrons. The van der Waals surface area contributed by atoms with E-state index in [0.29, 0.717) is 22.2 Å². The van der Waals surface area contributed by atoms with Crippen LogP contribution in [0.25, 0.3) is 33.4 Å². The number of fused-ring (bicyclic) bond motifs is 1. The van der Waals surface area contributed by atoms with Gasteiger partial charge in [-0.25, -0.2) is 4.98 Å². The quantitative estimate of drug-likeness (QED) is 0.331. The van der Waals surface area contributed by atoms with Crippen LogP contribution in [0.3, 0.4) is 0 Å². The summed E-state index contributed by atoms with van der Waals surface area (Å²) in [5.74, 6) is 0. The highest BCUT2D eigenvalue weighted by atomic mass is 19.4. The normalized spacial score (nSPS) is 15.1. The van der Waals surface area contributed by atoms with Gasteiger partial charge < -0.3 is 4.57 Å². The zero-order chi connectivity index (χ0) is 23.0. The molecule has 1 aliphatic rings. The molecule has 0 bridgehead atoms. The number of hydrogen-bond donors (Lipinski definition) is 0. The molecule has 33 heavy (non-hydrogen) atoms. The van der Waals surface area contributed by atoms with Crippen molar-refractivity contribution in [1.82, 2.24) is 9.55 Å². The fourth-order valence-electron chi connectivity index (χ4n) is 4.90. The van der Waals surface area contributed by atoms with Gasteiger partial charge in [0.1, 0.15) is 5.65 Å². The lowest BCUT2D eigenvalue weighted by Crippen LogP contribution is -2.22. The van der Waals surface area contributed by atoms with Crippen molar-refractivity contribution < 1.29 is 13.2 Å². The molecule has 2 heterocycles. The van der Waals surface area contributed by atoms with Crippen molar-refractivity contribution in [3.8, 4) is 22.4 Å². The molecule has 5 rings (SSSR count). The summed E-state index contributed by atoms with van der Waals surface area (Å²) < 4.78 is 41.7. The van der Waals surface area contributed by atoms with Crippen molar-refractivity contribution >= 4 is 11.0 Å². The first kappa shape index (κ1) is 21.4. The summed E-state index contributed by atoms with van der Waals surface area (Å²) in [4.78, 5) is 18.4. The molecule has 0 amide bonds. The number of nitrogens with zero attached hydrogens (tertiary/aromatic N) is 2. The molecule has 0 radical (unpaired) electrons. The summed E-state index contributed by atoms with van der Waals surface area (Å²) in [5, 5.41) is 0.484. The lowest BCUT2D eigenvalue weighted by atomic mass is 9.91. The lowest BCUT2D eigenvalue weighted by molar-refractivity contribution is -0.137. The zero-order valence-electron chi connectivity index (χ0n) is 18.0. The first-order valence-corrected chi connectivity index (χ1v) is 11.2. The van der Waals surface area contributed by atoms with E-state index >= 15 is 0 Å². The van der Waals surface area contributed by atoms with Crippen LogP contribution in [-0.2, 0) is 6.18 Å². The van der Waals surface area contributed by atoms with Crippen LogP contribution in [-0.4, -0.2) is 9.55 Å². The maximum absolute atomic E-state index is 13.8. The predicted octanol–water partition coefficient (Wildman–Crippen LogP) is 7.25. The third-order valence-corrected chi connectivity index (χ3v) is 6.45. The molecular weight excluding hydrogens is 425 g/mol. The molecule has 6 heteroatoms. The Morgan fingerprint density at radius 3 is 2.18 bits per heavy atom. The maximum Gasteiger partial charge on any atom is 0.416 e. The Morgan fingerprint density at radius 1 is 0.818 bits per heavy atom. The zero-order valence-corrected chi connectivity index (χ0v) is 18.0. The van der Waals surface area contributed by atoms with E-state index in [0.717, 1.165) is 49.1 Å². The molecule has 2 aromatic carbocycles. The third kappa shape index (κ3) is 3.94. The fraction of sp³-hybridized carbons (Fsp3) is 0.259. The Kier molecular flexibility index (Phi) is 5.52. The smallest absolute Gasteiger partial charge is 0.321 e. The third-order valence-electron chi connectivity index (χ3n) is 6.45. The van der Waals surface area contributed by atoms with Crippen LogP contribution >= 0.6 is 0 Å². The van der Waals surface area contributed by atoms with Crippen molar-refractivity contribution in [2.24, 2.45) is 0 Å². The highest BCUT2D eigenvalue weighted by molar-refractivity contribution is 5.91. The lowest BCUT2D eigenvalue weighted by Gasteiger charge is -2.30. The molecule has 4 aromatic rings. The van der Waals surface area contributed by atoms with E-state index in [4.69, 9.17) is 0 Å². The van der Waals surface area contributed by atoms with Gasteiger partial charge in [-0.2, -0.15) is 13.2 Å². The van der Waals surface area contributed by atoms with Crippen molar-refractivity contribution in [3.05, 3.63) is 88.7 Å². The van der Waals surface area contributed by atoms with Crippen LogP contribution in [0, 0.1) is 0 Å². The van der Waals surface area contributed by atoms with E-state index in [1.165, 1.54) is 18.6 Å². The average molecular weight is 448 g/mol. The van der Waals surface area contributed by atoms with Gasteiger partial charge in [0.25, 0.3) is 0 Å². The van der Waals surface area contributed by atoms with Crippen LogP contribution in [0.1, 0.15) is 43.7 Å². The molecule has 0 aliphatic heterocycles. The monoisotopic (exact) mass is 448 g/mol. The Labute approximate surface area is 189 Å². The summed E-state index contributed by atoms with van der Waals surface area (Å²) in [7, 11) is 0. The maximum atomic E-state index is 13.8. The van der Waals surface area contributed by atoms with Gasteiger partial charge in [0.15, 0.2) is 5.43 Å². The molecule has 2 aromatic heterocycles. The second kappa shape index (κ2) is 8.50. The molecule has 1 saturated carbocycles. The minimum Gasteiger partial charge on any atom is -0.321 e. The van der Waals surface area contributed by atoms with Crippen molar-refractivity contribution in [2.75, 3.05) is 0 Å². The van der Waals surface area contributed by atoms with Gasteiger partial charge in [-0.3, -0.25) is 4.79 Å². The van der Waals surface area contributed by atoms with Gasteiger partial charge in [0.05, 0.1) is 22.2 Å². The Hall–Kier alpha value is -3.41. The van der Waals surface area contributed by atoms with E-state index in [9.17, 15) is 18.0 Å². The first-order chi connectivity index (χ1) is 15.9. The Morgan fingerprint density at radius 2 is 1.52 bits per heavy atom. The van der Waals surface area contributed by atoms with Crippen LogP contribution in [0.4, 0.5) is 13.2 Å². The summed E-state index contributed by atoms with van der Waals surface area (Å²) >= 11 is 0. The van der Waals surface area contributed by atoms with E-state index in [-0.39, 0.29) is 11.5 Å². The molecule has 0 N–H and O–H groups in total. The average Bonchev–Trinajstić information content (AvgIpc) is 2.84. The van der Waals surface area contributed by atoms with Gasteiger partial charge in [-0.05, 0) is 48.2 Å². The molecule has 1 fully saturated rings. The molecule has 1 aliphatic carbocycles. The van der Waals surface area contributed by atoms with Gasteiger partial charge >= 0.3 is 6.18 Å². The molecule has 0 unspecified atom stereocenters. The van der Waals surface area contributed by atoms with Crippen molar-refractivity contribution in [1.29, 1.82) is 0 Å². The second-order valence-corrected chi connectivity index (χ2v) is 8.53. The molecule has 0 saturated heterocycles. The van der Waals surface area contributed by atoms with Crippen molar-refractivity contribution in [3.63, 3.8) is 0 Å². The Bertz CT molecular complexity index is 1340. The number of halogens is 3. The fourth-order valence-corrected chi connectivity index (χ4v) is 4.90. The SMILES string of the molecule is O=c1c(-c2ccc(C(F)(F)F)cc2)c(-c2ccccc2)n(C2CCCCC2)c2ncccc12. The minimum absolute atomic E-state index is 0.167. The van der Waals surface area contributed by atoms with E-state index in [1.807, 2.05) is 30.3 Å². The van der Waals surface area contributed by atoms with Crippen LogP contribution < -0.4 is 5.43 Å². The molecule has 0 spiro atoms. The second-order valence-electron chi connectivity index (χ2n) is 8.53. The number of aromatic nitrogens is 2. The molecule has 0 atom stereocenters. The minimum atomic E-state index is -4.43. The topological polar surface area (TPSA) is 34.9 Å². The predicted molar refractivity (Wildman–Crippen MR) is 124 cm³/mol. The Balaban J connectivity index is 1.87. The number of rotatable bonds is 3. The number of pyridine rings is 2. The van der Waals surface area contributed by atoms with Crippen LogP contribution in [0.5, 0.6) is 0 Å². The van der Waals surface area contributed by atoms with Crippen LogP contribution in [0.15, 0.2) is 77.7 Å². The van der Waals surface area contributed by atoms with E-state index in [2.05, 4.69) is 9.55 Å². The standard InChI is InChI=1S/C27H23F3N2O/c28-27(29,30)20-15-13-18(14-16-20)23-24(19-8-3-1-4-9-19)32(21-10-5-2-6-11-21)26-22(25(23)33)12-7-17-31-26/h1,3-4,7-9,12-17,21H,2,5-6,10-11H2. The summed E-state index contributed by atoms with van der Waals surface area (Å²) in [6, 6.07) is 18.1. The molecule has 3 nitrogen and oxygen atoms in total. The largest absolute Gasteiger partial charge is 0.416 e. The number of hydrogen-bond acceptors (Lipinski definition) is 2. The summed E-state index contributed by atoms with van der Waals surface area (Å²) in [6.07, 6.45) is 2.56. The van der Waals surface area contributed by atoms with Crippen LogP contribution in [0.2, 0.25) is 0 Å². The summed E-state index contributed by atoms with van der Waals surface area (Å²) in [6.45, 7) is 0. The highest BCUT2D eigenvalue weighted by Crippen LogP contribution is 2.39. The highest BCUT2D eigenvalue weighted by Gasteiger charge is 2.31. The van der Waals surface area contributed by atoms with Gasteiger partial charge in [0, 0.05) is 12.2 Å². The van der Waals surface area contributed by atoms with E-state index < -0.39 is 11.7 Å². The van der Waals surface area contributed by atoms with Gasteiger partial charge in [-0.15, -0.1) is 0 Å². The number of alkyl halides is 3. The summed E-state index contributed by atoms with van der Waals surface area (Å²) in [5.41, 5.74) is 2.14. The number of benzene rings is 2. The molecular formula is C27H23F3N2O. The van der Waals surface area contributed by atoms with Gasteiger partial charge in [-0.1, -0.05) is 61.7 Å². The van der Waals surface area contributed by atoms with Crippen molar-refractivity contribution in [2.45, 2.75) is 44.3 Å². The first-order valence-electron chi connectivity index (χ1n) is 11.2.